The number of rotatable bonds is 6. The molecule has 4 aromatic carbocycles. The smallest absolute Gasteiger partial charge is 0.418 e. The second-order valence-electron chi connectivity index (χ2n) is 13.4. The van der Waals surface area contributed by atoms with Gasteiger partial charge in [-0.2, -0.15) is 13.2 Å². The highest BCUT2D eigenvalue weighted by atomic mass is 32.2. The second kappa shape index (κ2) is 11.8. The van der Waals surface area contributed by atoms with E-state index in [1.807, 2.05) is 54.6 Å². The third-order valence-electron chi connectivity index (χ3n) is 10.8. The molecular formula is C38H28F3N3O5S2. The summed E-state index contributed by atoms with van der Waals surface area (Å²) in [6, 6.07) is 25.5. The van der Waals surface area contributed by atoms with Crippen LogP contribution >= 0.6 is 23.1 Å². The van der Waals surface area contributed by atoms with Crippen LogP contribution in [0.4, 0.5) is 24.5 Å². The third-order valence-corrected chi connectivity index (χ3v) is 13.4. The molecule has 0 spiro atoms. The number of nitrogens with one attached hydrogen (secondary N) is 2. The maximum absolute atomic E-state index is 14.0. The van der Waals surface area contributed by atoms with E-state index in [-0.39, 0.29) is 46.3 Å². The summed E-state index contributed by atoms with van der Waals surface area (Å²) >= 11 is 2.62. The fourth-order valence-corrected chi connectivity index (χ4v) is 11.9. The molecule has 6 unspecified atom stereocenters. The predicted molar refractivity (Wildman–Crippen MR) is 187 cm³/mol. The zero-order chi connectivity index (χ0) is 35.2. The van der Waals surface area contributed by atoms with E-state index >= 15 is 0 Å². The molecule has 13 heteroatoms. The number of anilines is 2. The molecule has 258 valence electrons. The normalized spacial score (nSPS) is 26.3. The van der Waals surface area contributed by atoms with Crippen molar-refractivity contribution in [1.82, 2.24) is 4.98 Å². The van der Waals surface area contributed by atoms with Crippen LogP contribution in [0.15, 0.2) is 101 Å². The van der Waals surface area contributed by atoms with Crippen LogP contribution in [0.2, 0.25) is 0 Å². The maximum atomic E-state index is 14.0. The summed E-state index contributed by atoms with van der Waals surface area (Å²) in [4.78, 5) is 57.7. The van der Waals surface area contributed by atoms with Gasteiger partial charge in [-0.25, -0.2) is 4.90 Å². The summed E-state index contributed by atoms with van der Waals surface area (Å²) in [5.74, 6) is -3.40. The molecule has 3 heterocycles. The molecule has 3 fully saturated rings. The summed E-state index contributed by atoms with van der Waals surface area (Å²) in [6.45, 7) is -0.214. The van der Waals surface area contributed by atoms with E-state index in [1.165, 1.54) is 30.0 Å². The molecule has 4 aliphatic rings. The molecule has 1 saturated heterocycles. The zero-order valence-electron chi connectivity index (χ0n) is 26.6. The Morgan fingerprint density at radius 3 is 2.37 bits per heavy atom. The number of carbonyl (C=O) groups is 3. The number of ether oxygens (including phenoxy) is 1. The first-order valence-electron chi connectivity index (χ1n) is 16.5. The number of nitrogens with zero attached hydrogens (tertiary/aromatic N) is 1. The number of aromatic amines is 1. The van der Waals surface area contributed by atoms with E-state index in [2.05, 4.69) is 10.3 Å². The minimum absolute atomic E-state index is 0.123. The first kappa shape index (κ1) is 32.1. The highest BCUT2D eigenvalue weighted by Gasteiger charge is 2.70. The lowest BCUT2D eigenvalue weighted by atomic mass is 9.68. The lowest BCUT2D eigenvalue weighted by Gasteiger charge is -2.43. The number of fused-ring (bicyclic) bond motifs is 10. The SMILES string of the molecule is O=C(COc1ccc([C@H]2c3sc(=O)[nH]c3SC3C4CC(C5C(=O)N(c6ccccc6C(F)(F)F)C(=O)C45)C32)cc1)Nc1cccc2ccccc12. The Hall–Kier alpha value is -4.88. The van der Waals surface area contributed by atoms with Crippen molar-refractivity contribution in [2.45, 2.75) is 28.8 Å². The largest absolute Gasteiger partial charge is 0.484 e. The van der Waals surface area contributed by atoms with E-state index in [4.69, 9.17) is 4.74 Å². The van der Waals surface area contributed by atoms with Crippen LogP contribution in [0.1, 0.15) is 28.3 Å². The minimum atomic E-state index is -4.74. The first-order chi connectivity index (χ1) is 24.6. The number of halogens is 3. The molecular weight excluding hydrogens is 700 g/mol. The monoisotopic (exact) mass is 727 g/mol. The summed E-state index contributed by atoms with van der Waals surface area (Å²) in [5, 5.41) is 5.44. The Morgan fingerprint density at radius 1 is 0.882 bits per heavy atom. The van der Waals surface area contributed by atoms with Gasteiger partial charge in [0.1, 0.15) is 5.75 Å². The van der Waals surface area contributed by atoms with E-state index in [0.717, 1.165) is 48.5 Å². The van der Waals surface area contributed by atoms with Gasteiger partial charge in [0.05, 0.1) is 28.1 Å². The highest BCUT2D eigenvalue weighted by molar-refractivity contribution is 8.00. The highest BCUT2D eigenvalue weighted by Crippen LogP contribution is 2.69. The number of hydrogen-bond donors (Lipinski definition) is 2. The van der Waals surface area contributed by atoms with Crippen LogP contribution in [-0.4, -0.2) is 34.6 Å². The number of carbonyl (C=O) groups excluding carboxylic acids is 3. The fourth-order valence-electron chi connectivity index (χ4n) is 8.98. The van der Waals surface area contributed by atoms with Gasteiger partial charge in [-0.1, -0.05) is 72.0 Å². The molecule has 7 atom stereocenters. The number of para-hydroxylation sites is 1. The average molecular weight is 728 g/mol. The number of hydrogen-bond acceptors (Lipinski definition) is 7. The Bertz CT molecular complexity index is 2300. The van der Waals surface area contributed by atoms with Gasteiger partial charge < -0.3 is 15.0 Å². The van der Waals surface area contributed by atoms with Crippen LogP contribution in [0.3, 0.4) is 0 Å². The van der Waals surface area contributed by atoms with Gasteiger partial charge in [-0.15, -0.1) is 11.8 Å². The average Bonchev–Trinajstić information content (AvgIpc) is 3.86. The van der Waals surface area contributed by atoms with Crippen LogP contribution < -0.4 is 19.8 Å². The second-order valence-corrected chi connectivity index (χ2v) is 15.6. The van der Waals surface area contributed by atoms with Gasteiger partial charge in [-0.3, -0.25) is 19.2 Å². The number of alkyl halides is 3. The molecule has 51 heavy (non-hydrogen) atoms. The summed E-state index contributed by atoms with van der Waals surface area (Å²) in [6.07, 6.45) is -4.13. The van der Waals surface area contributed by atoms with Crippen molar-refractivity contribution in [2.24, 2.45) is 29.6 Å². The molecule has 2 N–H and O–H groups in total. The van der Waals surface area contributed by atoms with E-state index < -0.39 is 41.1 Å². The van der Waals surface area contributed by atoms with Crippen molar-refractivity contribution >= 4 is 63.0 Å². The number of thioether (sulfide) groups is 1. The van der Waals surface area contributed by atoms with Crippen molar-refractivity contribution < 1.29 is 32.3 Å². The number of aromatic nitrogens is 1. The molecule has 9 rings (SSSR count). The lowest BCUT2D eigenvalue weighted by molar-refractivity contribution is -0.137. The predicted octanol–water partition coefficient (Wildman–Crippen LogP) is 7.30. The van der Waals surface area contributed by atoms with Crippen molar-refractivity contribution in [2.75, 3.05) is 16.8 Å². The minimum Gasteiger partial charge on any atom is -0.484 e. The first-order valence-corrected chi connectivity index (χ1v) is 18.2. The van der Waals surface area contributed by atoms with E-state index in [1.54, 1.807) is 12.1 Å². The molecule has 5 aromatic rings. The molecule has 2 aliphatic heterocycles. The Kier molecular flexibility index (Phi) is 7.44. The summed E-state index contributed by atoms with van der Waals surface area (Å²) < 4.78 is 47.8. The van der Waals surface area contributed by atoms with Gasteiger partial charge in [0.2, 0.25) is 11.8 Å². The molecule has 2 aliphatic carbocycles. The van der Waals surface area contributed by atoms with Crippen LogP contribution in [0.5, 0.6) is 5.75 Å². The van der Waals surface area contributed by atoms with Gasteiger partial charge in [0.15, 0.2) is 6.61 Å². The quantitative estimate of drug-likeness (QED) is 0.178. The van der Waals surface area contributed by atoms with E-state index in [0.29, 0.717) is 17.9 Å². The third kappa shape index (κ3) is 5.11. The van der Waals surface area contributed by atoms with Crippen LogP contribution in [0.25, 0.3) is 10.8 Å². The molecule has 2 saturated carbocycles. The van der Waals surface area contributed by atoms with Crippen molar-refractivity contribution in [1.29, 1.82) is 0 Å². The molecule has 1 aromatic heterocycles. The number of benzene rings is 4. The fraction of sp³-hybridized carbons (Fsp3) is 0.263. The number of amides is 3. The number of thiazole rings is 1. The summed E-state index contributed by atoms with van der Waals surface area (Å²) in [7, 11) is 0. The summed E-state index contributed by atoms with van der Waals surface area (Å²) in [5.41, 5.74) is 0.128. The van der Waals surface area contributed by atoms with E-state index in [9.17, 15) is 32.3 Å². The van der Waals surface area contributed by atoms with Crippen molar-refractivity contribution in [3.63, 3.8) is 0 Å². The van der Waals surface area contributed by atoms with Gasteiger partial charge in [0, 0.05) is 27.1 Å². The van der Waals surface area contributed by atoms with Gasteiger partial charge >= 0.3 is 11.0 Å². The zero-order valence-corrected chi connectivity index (χ0v) is 28.2. The molecule has 3 amide bonds. The number of imide groups is 1. The maximum Gasteiger partial charge on any atom is 0.418 e. The standard InChI is InChI=1S/C38H28F3N3O5S2/c39-38(40,41)24-9-3-4-11-26(24)44-35(46)30-22-16-23(31(30)36(44)47)32-29(22)28(33-34(50-32)43-37(48)51-33)19-12-14-20(15-13-19)49-17-27(45)42-25-10-5-7-18-6-1-2-8-21(18)25/h1-15,22-23,28-32H,16-17H2,(H,42,45)(H,43,48)/t22?,23?,28-,29?,30?,31?,32?/m1/s1. The number of H-pyrrole nitrogens is 1. The molecule has 0 radical (unpaired) electrons. The lowest BCUT2D eigenvalue weighted by Crippen LogP contribution is -2.42. The molecule has 8 nitrogen and oxygen atoms in total. The van der Waals surface area contributed by atoms with Gasteiger partial charge in [-0.05, 0) is 65.5 Å². The van der Waals surface area contributed by atoms with Crippen molar-refractivity contribution in [3.05, 3.63) is 117 Å². The van der Waals surface area contributed by atoms with Crippen molar-refractivity contribution in [3.8, 4) is 5.75 Å². The topological polar surface area (TPSA) is 109 Å². The Morgan fingerprint density at radius 2 is 1.59 bits per heavy atom. The Labute approximate surface area is 297 Å². The van der Waals surface area contributed by atoms with Crippen LogP contribution in [-0.2, 0) is 20.6 Å². The molecule has 2 bridgehead atoms. The van der Waals surface area contributed by atoms with Gasteiger partial charge in [0.25, 0.3) is 5.91 Å². The van der Waals surface area contributed by atoms with Crippen LogP contribution in [0, 0.1) is 29.6 Å². The Balaban J connectivity index is 0.977.